The number of thiophene rings is 1. The van der Waals surface area contributed by atoms with Crippen LogP contribution in [0.2, 0.25) is 0 Å². The summed E-state index contributed by atoms with van der Waals surface area (Å²) in [5.41, 5.74) is 0. The number of hydrogen-bond acceptors (Lipinski definition) is 5. The maximum Gasteiger partial charge on any atom is 0.324 e. The summed E-state index contributed by atoms with van der Waals surface area (Å²) in [6.07, 6.45) is 0. The molecule has 19 heavy (non-hydrogen) atoms. The van der Waals surface area contributed by atoms with E-state index in [-0.39, 0.29) is 18.1 Å². The largest absolute Gasteiger partial charge is 0.465 e. The number of hydrogen-bond donors (Lipinski definition) is 1. The standard InChI is InChI=1S/C14H22N2O2S/c1-4-18-14(17)12-9-15-7-8-16(12)11(3)13-6-5-10(2)19-13/h5-6,11-12,15H,4,7-9H2,1-3H3. The lowest BCUT2D eigenvalue weighted by atomic mass is 10.1. The van der Waals surface area contributed by atoms with Crippen LogP contribution in [-0.4, -0.2) is 43.2 Å². The SMILES string of the molecule is CCOC(=O)C1CNCCN1C(C)c1ccc(C)s1. The molecule has 1 aliphatic heterocycles. The molecule has 1 fully saturated rings. The number of rotatable bonds is 4. The van der Waals surface area contributed by atoms with Crippen LogP contribution in [0.1, 0.15) is 29.6 Å². The summed E-state index contributed by atoms with van der Waals surface area (Å²) < 4.78 is 5.19. The molecule has 2 unspecified atom stereocenters. The minimum absolute atomic E-state index is 0.116. The van der Waals surface area contributed by atoms with Crippen LogP contribution in [0.15, 0.2) is 12.1 Å². The van der Waals surface area contributed by atoms with Gasteiger partial charge in [0.05, 0.1) is 6.61 Å². The van der Waals surface area contributed by atoms with Gasteiger partial charge in [-0.2, -0.15) is 0 Å². The van der Waals surface area contributed by atoms with Crippen molar-refractivity contribution in [3.05, 3.63) is 21.9 Å². The van der Waals surface area contributed by atoms with Crippen LogP contribution in [0, 0.1) is 6.92 Å². The molecule has 4 nitrogen and oxygen atoms in total. The Bertz CT molecular complexity index is 433. The molecule has 0 amide bonds. The zero-order valence-electron chi connectivity index (χ0n) is 11.8. The molecule has 1 aliphatic rings. The number of carbonyl (C=O) groups is 1. The van der Waals surface area contributed by atoms with Crippen molar-refractivity contribution in [1.82, 2.24) is 10.2 Å². The lowest BCUT2D eigenvalue weighted by Crippen LogP contribution is -2.55. The highest BCUT2D eigenvalue weighted by atomic mass is 32.1. The Kier molecular flexibility index (Phi) is 4.96. The van der Waals surface area contributed by atoms with Crippen LogP contribution in [0.5, 0.6) is 0 Å². The molecule has 2 rings (SSSR count). The maximum atomic E-state index is 12.0. The first-order valence-electron chi connectivity index (χ1n) is 6.83. The normalized spacial score (nSPS) is 22.2. The third-order valence-electron chi connectivity index (χ3n) is 3.51. The van der Waals surface area contributed by atoms with Gasteiger partial charge in [-0.1, -0.05) is 0 Å². The van der Waals surface area contributed by atoms with Gasteiger partial charge in [0.1, 0.15) is 6.04 Å². The lowest BCUT2D eigenvalue weighted by molar-refractivity contribution is -0.151. The Morgan fingerprint density at radius 1 is 1.63 bits per heavy atom. The van der Waals surface area contributed by atoms with Crippen molar-refractivity contribution >= 4 is 17.3 Å². The molecule has 0 radical (unpaired) electrons. The molecule has 2 heterocycles. The van der Waals surface area contributed by atoms with Gasteiger partial charge in [-0.05, 0) is 32.9 Å². The highest BCUT2D eigenvalue weighted by Gasteiger charge is 2.33. The average molecular weight is 282 g/mol. The molecule has 106 valence electrons. The highest BCUT2D eigenvalue weighted by Crippen LogP contribution is 2.29. The van der Waals surface area contributed by atoms with Gasteiger partial charge in [0.25, 0.3) is 0 Å². The highest BCUT2D eigenvalue weighted by molar-refractivity contribution is 7.12. The minimum Gasteiger partial charge on any atom is -0.465 e. The van der Waals surface area contributed by atoms with Gasteiger partial charge < -0.3 is 10.1 Å². The average Bonchev–Trinajstić information content (AvgIpc) is 2.85. The number of nitrogens with zero attached hydrogens (tertiary/aromatic N) is 1. The molecular formula is C14H22N2O2S. The predicted octanol–water partition coefficient (Wildman–Crippen LogP) is 1.95. The van der Waals surface area contributed by atoms with Gasteiger partial charge in [-0.3, -0.25) is 9.69 Å². The topological polar surface area (TPSA) is 41.6 Å². The monoisotopic (exact) mass is 282 g/mol. The number of carbonyl (C=O) groups excluding carboxylic acids is 1. The summed E-state index contributed by atoms with van der Waals surface area (Å²) in [5.74, 6) is -0.116. The zero-order chi connectivity index (χ0) is 13.8. The molecule has 0 saturated carbocycles. The zero-order valence-corrected chi connectivity index (χ0v) is 12.6. The third-order valence-corrected chi connectivity index (χ3v) is 4.68. The summed E-state index contributed by atoms with van der Waals surface area (Å²) in [6, 6.07) is 4.38. The summed E-state index contributed by atoms with van der Waals surface area (Å²) >= 11 is 1.80. The van der Waals surface area contributed by atoms with Crippen molar-refractivity contribution in [3.8, 4) is 0 Å². The molecule has 0 aromatic carbocycles. The van der Waals surface area contributed by atoms with Crippen molar-refractivity contribution in [3.63, 3.8) is 0 Å². The Morgan fingerprint density at radius 3 is 3.05 bits per heavy atom. The van der Waals surface area contributed by atoms with Crippen LogP contribution < -0.4 is 5.32 Å². The van der Waals surface area contributed by atoms with Crippen LogP contribution in [0.3, 0.4) is 0 Å². The number of aryl methyl sites for hydroxylation is 1. The molecule has 0 aliphatic carbocycles. The van der Waals surface area contributed by atoms with Gasteiger partial charge in [0, 0.05) is 35.4 Å². The van der Waals surface area contributed by atoms with E-state index in [1.165, 1.54) is 9.75 Å². The third kappa shape index (κ3) is 3.35. The first kappa shape index (κ1) is 14.5. The van der Waals surface area contributed by atoms with E-state index in [4.69, 9.17) is 4.74 Å². The Morgan fingerprint density at radius 2 is 2.42 bits per heavy atom. The van der Waals surface area contributed by atoms with Gasteiger partial charge >= 0.3 is 5.97 Å². The fraction of sp³-hybridized carbons (Fsp3) is 0.643. The molecule has 1 N–H and O–H groups in total. The van der Waals surface area contributed by atoms with Crippen LogP contribution in [0.4, 0.5) is 0 Å². The van der Waals surface area contributed by atoms with E-state index >= 15 is 0 Å². The van der Waals surface area contributed by atoms with E-state index < -0.39 is 0 Å². The van der Waals surface area contributed by atoms with Gasteiger partial charge in [-0.15, -0.1) is 11.3 Å². The lowest BCUT2D eigenvalue weighted by Gasteiger charge is -2.38. The molecule has 0 bridgehead atoms. The summed E-state index contributed by atoms with van der Waals surface area (Å²) in [4.78, 5) is 16.9. The summed E-state index contributed by atoms with van der Waals surface area (Å²) in [7, 11) is 0. The number of nitrogens with one attached hydrogen (secondary N) is 1. The first-order chi connectivity index (χ1) is 9.13. The molecule has 0 spiro atoms. The van der Waals surface area contributed by atoms with E-state index in [0.29, 0.717) is 13.2 Å². The van der Waals surface area contributed by atoms with E-state index in [1.54, 1.807) is 11.3 Å². The van der Waals surface area contributed by atoms with Crippen LogP contribution in [-0.2, 0) is 9.53 Å². The van der Waals surface area contributed by atoms with Gasteiger partial charge in [-0.25, -0.2) is 0 Å². The molecule has 1 saturated heterocycles. The number of ether oxygens (including phenoxy) is 1. The Balaban J connectivity index is 2.12. The van der Waals surface area contributed by atoms with Crippen LogP contribution in [0.25, 0.3) is 0 Å². The van der Waals surface area contributed by atoms with E-state index in [0.717, 1.165) is 13.1 Å². The molecule has 2 atom stereocenters. The van der Waals surface area contributed by atoms with Gasteiger partial charge in [0.15, 0.2) is 0 Å². The summed E-state index contributed by atoms with van der Waals surface area (Å²) in [5, 5.41) is 3.28. The smallest absolute Gasteiger partial charge is 0.324 e. The van der Waals surface area contributed by atoms with E-state index in [2.05, 4.69) is 36.2 Å². The summed E-state index contributed by atoms with van der Waals surface area (Å²) in [6.45, 7) is 9.05. The number of esters is 1. The minimum atomic E-state index is -0.175. The van der Waals surface area contributed by atoms with Crippen LogP contribution >= 0.6 is 11.3 Å². The number of piperazine rings is 1. The maximum absolute atomic E-state index is 12.0. The Labute approximate surface area is 118 Å². The van der Waals surface area contributed by atoms with E-state index in [1.807, 2.05) is 6.92 Å². The first-order valence-corrected chi connectivity index (χ1v) is 7.64. The Hall–Kier alpha value is -0.910. The molecule has 5 heteroatoms. The van der Waals surface area contributed by atoms with Crippen molar-refractivity contribution in [2.24, 2.45) is 0 Å². The predicted molar refractivity (Wildman–Crippen MR) is 77.5 cm³/mol. The molecule has 1 aromatic rings. The van der Waals surface area contributed by atoms with E-state index in [9.17, 15) is 4.79 Å². The molecule has 1 aromatic heterocycles. The van der Waals surface area contributed by atoms with Crippen molar-refractivity contribution in [1.29, 1.82) is 0 Å². The second-order valence-corrected chi connectivity index (χ2v) is 6.15. The fourth-order valence-corrected chi connectivity index (χ4v) is 3.43. The second-order valence-electron chi connectivity index (χ2n) is 4.83. The second kappa shape index (κ2) is 6.50. The van der Waals surface area contributed by atoms with Gasteiger partial charge in [0.2, 0.25) is 0 Å². The van der Waals surface area contributed by atoms with Crippen molar-refractivity contribution in [2.75, 3.05) is 26.2 Å². The fourth-order valence-electron chi connectivity index (χ4n) is 2.48. The molecular weight excluding hydrogens is 260 g/mol. The van der Waals surface area contributed by atoms with Crippen molar-refractivity contribution in [2.45, 2.75) is 32.9 Å². The quantitative estimate of drug-likeness (QED) is 0.857. The van der Waals surface area contributed by atoms with Crippen molar-refractivity contribution < 1.29 is 9.53 Å².